The lowest BCUT2D eigenvalue weighted by Crippen LogP contribution is -2.18. The highest BCUT2D eigenvalue weighted by Crippen LogP contribution is 2.02. The van der Waals surface area contributed by atoms with Gasteiger partial charge in [0.2, 0.25) is 0 Å². The van der Waals surface area contributed by atoms with Crippen LogP contribution in [0, 0.1) is 5.92 Å². The zero-order valence-corrected chi connectivity index (χ0v) is 13.7. The van der Waals surface area contributed by atoms with E-state index in [9.17, 15) is 9.59 Å². The number of carbonyl (C=O) groups is 2. The summed E-state index contributed by atoms with van der Waals surface area (Å²) in [5.74, 6) is -0.558. The standard InChI is InChI=1S/C11H20O4.2C2H6/c1-4-6-10(12)14-7-8-15-11(13)9(3)5-2;2*1-2/h9H,4-8H2,1-3H3;2*1-2H3. The van der Waals surface area contributed by atoms with Crippen LogP contribution in [0.3, 0.4) is 0 Å². The van der Waals surface area contributed by atoms with Crippen molar-refractivity contribution in [2.45, 2.75) is 67.7 Å². The first-order chi connectivity index (χ1) is 9.11. The molecule has 0 N–H and O–H groups in total. The summed E-state index contributed by atoms with van der Waals surface area (Å²) in [6.45, 7) is 13.9. The van der Waals surface area contributed by atoms with Crippen LogP contribution in [0.1, 0.15) is 67.7 Å². The third-order valence-corrected chi connectivity index (χ3v) is 2.06. The van der Waals surface area contributed by atoms with Crippen LogP contribution in [-0.2, 0) is 19.1 Å². The number of hydrogen-bond acceptors (Lipinski definition) is 4. The smallest absolute Gasteiger partial charge is 0.308 e. The van der Waals surface area contributed by atoms with Crippen LogP contribution in [-0.4, -0.2) is 25.2 Å². The summed E-state index contributed by atoms with van der Waals surface area (Å²) in [5, 5.41) is 0. The number of ether oxygens (including phenoxy) is 2. The third kappa shape index (κ3) is 16.9. The maximum absolute atomic E-state index is 11.2. The zero-order valence-electron chi connectivity index (χ0n) is 13.7. The highest BCUT2D eigenvalue weighted by atomic mass is 16.6. The van der Waals surface area contributed by atoms with Crippen molar-refractivity contribution in [1.82, 2.24) is 0 Å². The molecule has 1 unspecified atom stereocenters. The molecule has 0 rings (SSSR count). The first-order valence-electron chi connectivity index (χ1n) is 7.44. The predicted octanol–water partition coefficient (Wildman–Crippen LogP) is 3.97. The summed E-state index contributed by atoms with van der Waals surface area (Å²) in [6.07, 6.45) is 1.94. The SMILES string of the molecule is CC.CC.CCCC(=O)OCCOC(=O)C(C)CC. The molecule has 0 aromatic heterocycles. The maximum atomic E-state index is 11.2. The molecule has 0 amide bonds. The summed E-state index contributed by atoms with van der Waals surface area (Å²) in [6, 6.07) is 0. The van der Waals surface area contributed by atoms with Crippen molar-refractivity contribution in [3.8, 4) is 0 Å². The van der Waals surface area contributed by atoms with Crippen LogP contribution in [0.25, 0.3) is 0 Å². The Labute approximate surface area is 118 Å². The van der Waals surface area contributed by atoms with E-state index in [1.807, 2.05) is 48.5 Å². The monoisotopic (exact) mass is 276 g/mol. The van der Waals surface area contributed by atoms with E-state index in [-0.39, 0.29) is 31.1 Å². The van der Waals surface area contributed by atoms with Gasteiger partial charge in [-0.25, -0.2) is 0 Å². The molecule has 0 aliphatic rings. The molecule has 0 spiro atoms. The summed E-state index contributed by atoms with van der Waals surface area (Å²) in [7, 11) is 0. The van der Waals surface area contributed by atoms with Gasteiger partial charge in [-0.05, 0) is 12.8 Å². The average molecular weight is 276 g/mol. The third-order valence-electron chi connectivity index (χ3n) is 2.06. The molecule has 0 heterocycles. The molecule has 4 heteroatoms. The van der Waals surface area contributed by atoms with Gasteiger partial charge in [-0.3, -0.25) is 9.59 Å². The van der Waals surface area contributed by atoms with E-state index < -0.39 is 0 Å². The molecule has 0 aliphatic heterocycles. The second kappa shape index (κ2) is 19.3. The van der Waals surface area contributed by atoms with Gasteiger partial charge in [0.25, 0.3) is 0 Å². The fourth-order valence-electron chi connectivity index (χ4n) is 0.883. The fraction of sp³-hybridized carbons (Fsp3) is 0.867. The van der Waals surface area contributed by atoms with E-state index in [0.29, 0.717) is 6.42 Å². The molecular weight excluding hydrogens is 244 g/mol. The second-order valence-corrected chi connectivity index (χ2v) is 3.45. The Hall–Kier alpha value is -1.06. The van der Waals surface area contributed by atoms with Crippen molar-refractivity contribution in [2.24, 2.45) is 5.92 Å². The van der Waals surface area contributed by atoms with Crippen molar-refractivity contribution < 1.29 is 19.1 Å². The van der Waals surface area contributed by atoms with E-state index in [4.69, 9.17) is 9.47 Å². The minimum Gasteiger partial charge on any atom is -0.462 e. The summed E-state index contributed by atoms with van der Waals surface area (Å²) in [4.78, 5) is 22.1. The van der Waals surface area contributed by atoms with Crippen LogP contribution in [0.15, 0.2) is 0 Å². The molecule has 0 bridgehead atoms. The van der Waals surface area contributed by atoms with E-state index in [0.717, 1.165) is 12.8 Å². The van der Waals surface area contributed by atoms with Crippen LogP contribution in [0.2, 0.25) is 0 Å². The number of rotatable bonds is 7. The lowest BCUT2D eigenvalue weighted by atomic mass is 10.1. The summed E-state index contributed by atoms with van der Waals surface area (Å²) < 4.78 is 9.74. The van der Waals surface area contributed by atoms with Crippen molar-refractivity contribution in [3.05, 3.63) is 0 Å². The first-order valence-corrected chi connectivity index (χ1v) is 7.44. The number of carbonyl (C=O) groups excluding carboxylic acids is 2. The van der Waals surface area contributed by atoms with Crippen molar-refractivity contribution >= 4 is 11.9 Å². The minimum atomic E-state index is -0.239. The molecule has 4 nitrogen and oxygen atoms in total. The molecular formula is C15H32O4. The average Bonchev–Trinajstić information content (AvgIpc) is 2.47. The van der Waals surface area contributed by atoms with E-state index in [2.05, 4.69) is 0 Å². The Kier molecular flexibility index (Phi) is 23.4. The molecule has 116 valence electrons. The Bertz CT molecular complexity index is 202. The molecule has 0 radical (unpaired) electrons. The van der Waals surface area contributed by atoms with E-state index >= 15 is 0 Å². The van der Waals surface area contributed by atoms with Crippen LogP contribution in [0.4, 0.5) is 0 Å². The number of hydrogen-bond donors (Lipinski definition) is 0. The minimum absolute atomic E-state index is 0.0867. The van der Waals surface area contributed by atoms with Crippen molar-refractivity contribution in [3.63, 3.8) is 0 Å². The maximum Gasteiger partial charge on any atom is 0.308 e. The molecule has 0 aromatic rings. The topological polar surface area (TPSA) is 52.6 Å². The first kappa shape index (κ1) is 23.1. The predicted molar refractivity (Wildman–Crippen MR) is 79.0 cm³/mol. The molecule has 0 aliphatic carbocycles. The Morgan fingerprint density at radius 1 is 0.947 bits per heavy atom. The van der Waals surface area contributed by atoms with Gasteiger partial charge in [0.05, 0.1) is 5.92 Å². The van der Waals surface area contributed by atoms with Crippen molar-refractivity contribution in [1.29, 1.82) is 0 Å². The lowest BCUT2D eigenvalue weighted by molar-refractivity contribution is -0.154. The Morgan fingerprint density at radius 3 is 1.84 bits per heavy atom. The molecule has 0 saturated heterocycles. The van der Waals surface area contributed by atoms with Crippen molar-refractivity contribution in [2.75, 3.05) is 13.2 Å². The second-order valence-electron chi connectivity index (χ2n) is 3.45. The lowest BCUT2D eigenvalue weighted by Gasteiger charge is -2.09. The van der Waals surface area contributed by atoms with Gasteiger partial charge >= 0.3 is 11.9 Å². The van der Waals surface area contributed by atoms with Gasteiger partial charge < -0.3 is 9.47 Å². The Morgan fingerprint density at radius 2 is 1.42 bits per heavy atom. The number of esters is 2. The van der Waals surface area contributed by atoms with Gasteiger partial charge in [-0.1, -0.05) is 48.5 Å². The molecule has 0 saturated carbocycles. The highest BCUT2D eigenvalue weighted by molar-refractivity contribution is 5.72. The normalized spacial score (nSPS) is 10.1. The van der Waals surface area contributed by atoms with E-state index in [1.165, 1.54) is 0 Å². The fourth-order valence-corrected chi connectivity index (χ4v) is 0.883. The van der Waals surface area contributed by atoms with Crippen LogP contribution < -0.4 is 0 Å². The van der Waals surface area contributed by atoms with Gasteiger partial charge in [0, 0.05) is 6.42 Å². The van der Waals surface area contributed by atoms with Crippen LogP contribution in [0.5, 0.6) is 0 Å². The van der Waals surface area contributed by atoms with Crippen LogP contribution >= 0.6 is 0 Å². The molecule has 19 heavy (non-hydrogen) atoms. The summed E-state index contributed by atoms with van der Waals surface area (Å²) in [5.41, 5.74) is 0. The largest absolute Gasteiger partial charge is 0.462 e. The van der Waals surface area contributed by atoms with Gasteiger partial charge in [0.1, 0.15) is 13.2 Å². The molecule has 1 atom stereocenters. The quantitative estimate of drug-likeness (QED) is 0.521. The van der Waals surface area contributed by atoms with Gasteiger partial charge in [-0.2, -0.15) is 0 Å². The Balaban J connectivity index is -0.000000579. The molecule has 0 aromatic carbocycles. The summed E-state index contributed by atoms with van der Waals surface area (Å²) >= 11 is 0. The van der Waals surface area contributed by atoms with Gasteiger partial charge in [-0.15, -0.1) is 0 Å². The van der Waals surface area contributed by atoms with E-state index in [1.54, 1.807) is 0 Å². The van der Waals surface area contributed by atoms with Gasteiger partial charge in [0.15, 0.2) is 0 Å². The zero-order chi connectivity index (χ0) is 15.7. The highest BCUT2D eigenvalue weighted by Gasteiger charge is 2.11. The molecule has 0 fully saturated rings.